The average molecular weight is 353 g/mol. The molecule has 140 valence electrons. The van der Waals surface area contributed by atoms with Gasteiger partial charge in [-0.05, 0) is 43.4 Å². The van der Waals surface area contributed by atoms with Gasteiger partial charge in [0, 0.05) is 38.8 Å². The second kappa shape index (κ2) is 10.5. The number of rotatable bonds is 9. The van der Waals surface area contributed by atoms with Gasteiger partial charge in [-0.25, -0.2) is 0 Å². The Kier molecular flexibility index (Phi) is 7.68. The number of piperazine rings is 1. The number of aryl methyl sites for hydroxylation is 1. The van der Waals surface area contributed by atoms with E-state index in [2.05, 4.69) is 70.5 Å². The largest absolute Gasteiger partial charge is 0.396 e. The van der Waals surface area contributed by atoms with Gasteiger partial charge < -0.3 is 10.0 Å². The molecule has 0 radical (unpaired) electrons. The first kappa shape index (κ1) is 19.1. The van der Waals surface area contributed by atoms with Gasteiger partial charge in [-0.3, -0.25) is 4.90 Å². The van der Waals surface area contributed by atoms with Crippen molar-refractivity contribution in [2.24, 2.45) is 0 Å². The van der Waals surface area contributed by atoms with Gasteiger partial charge in [-0.2, -0.15) is 0 Å². The summed E-state index contributed by atoms with van der Waals surface area (Å²) in [6, 6.07) is 22.0. The van der Waals surface area contributed by atoms with Crippen LogP contribution in [0.5, 0.6) is 0 Å². The molecule has 3 rings (SSSR count). The Morgan fingerprint density at radius 1 is 0.808 bits per heavy atom. The van der Waals surface area contributed by atoms with E-state index in [1.807, 2.05) is 0 Å². The average Bonchev–Trinajstić information content (AvgIpc) is 2.70. The van der Waals surface area contributed by atoms with Gasteiger partial charge in [0.05, 0.1) is 0 Å². The fraction of sp³-hybridized carbons (Fsp3) is 0.478. The molecule has 1 atom stereocenters. The molecule has 0 aromatic heterocycles. The van der Waals surface area contributed by atoms with Crippen molar-refractivity contribution in [3.63, 3.8) is 0 Å². The lowest BCUT2D eigenvalue weighted by Crippen LogP contribution is -2.53. The monoisotopic (exact) mass is 352 g/mol. The molecule has 1 fully saturated rings. The summed E-state index contributed by atoms with van der Waals surface area (Å²) in [6.07, 6.45) is 4.32. The van der Waals surface area contributed by atoms with Crippen molar-refractivity contribution in [1.29, 1.82) is 0 Å². The quantitative estimate of drug-likeness (QED) is 0.751. The number of hydrogen-bond donors (Lipinski definition) is 1. The fourth-order valence-electron chi connectivity index (χ4n) is 3.94. The summed E-state index contributed by atoms with van der Waals surface area (Å²) >= 11 is 0. The molecule has 1 N–H and O–H groups in total. The Morgan fingerprint density at radius 3 is 2.12 bits per heavy atom. The Labute approximate surface area is 158 Å². The minimum Gasteiger partial charge on any atom is -0.396 e. The smallest absolute Gasteiger partial charge is 0.0446 e. The molecule has 2 aromatic carbocycles. The molecular formula is C23H32N2O. The maximum absolute atomic E-state index is 9.49. The molecule has 3 nitrogen and oxygen atoms in total. The molecule has 1 heterocycles. The standard InChI is InChI=1S/C23H32N2O/c26-19-14-23-20-24(16-13-22-10-5-2-6-11-22)17-18-25(23)15-7-12-21-8-3-1-4-9-21/h1-6,8-11,23,26H,7,12-20H2. The summed E-state index contributed by atoms with van der Waals surface area (Å²) in [5.74, 6) is 0. The second-order valence-electron chi connectivity index (χ2n) is 7.33. The van der Waals surface area contributed by atoms with E-state index in [0.29, 0.717) is 6.04 Å². The lowest BCUT2D eigenvalue weighted by Gasteiger charge is -2.41. The highest BCUT2D eigenvalue weighted by molar-refractivity contribution is 5.15. The fourth-order valence-corrected chi connectivity index (χ4v) is 3.94. The van der Waals surface area contributed by atoms with Crippen molar-refractivity contribution in [1.82, 2.24) is 9.80 Å². The number of benzene rings is 2. The van der Waals surface area contributed by atoms with E-state index in [1.165, 1.54) is 17.5 Å². The second-order valence-corrected chi connectivity index (χ2v) is 7.33. The van der Waals surface area contributed by atoms with Crippen LogP contribution in [0.15, 0.2) is 60.7 Å². The topological polar surface area (TPSA) is 26.7 Å². The van der Waals surface area contributed by atoms with Crippen molar-refractivity contribution in [2.45, 2.75) is 31.7 Å². The highest BCUT2D eigenvalue weighted by Crippen LogP contribution is 2.15. The van der Waals surface area contributed by atoms with E-state index in [9.17, 15) is 5.11 Å². The van der Waals surface area contributed by atoms with Crippen LogP contribution in [-0.2, 0) is 12.8 Å². The van der Waals surface area contributed by atoms with Crippen LogP contribution in [-0.4, -0.2) is 60.3 Å². The van der Waals surface area contributed by atoms with Crippen molar-refractivity contribution >= 4 is 0 Å². The third-order valence-corrected chi connectivity index (χ3v) is 5.46. The zero-order valence-electron chi connectivity index (χ0n) is 15.8. The lowest BCUT2D eigenvalue weighted by atomic mass is 10.1. The first-order valence-corrected chi connectivity index (χ1v) is 10.0. The minimum atomic E-state index is 0.284. The number of hydrogen-bond acceptors (Lipinski definition) is 3. The normalized spacial score (nSPS) is 18.9. The van der Waals surface area contributed by atoms with Crippen LogP contribution >= 0.6 is 0 Å². The molecule has 1 saturated heterocycles. The van der Waals surface area contributed by atoms with Gasteiger partial charge in [-0.15, -0.1) is 0 Å². The molecule has 1 unspecified atom stereocenters. The van der Waals surface area contributed by atoms with E-state index < -0.39 is 0 Å². The zero-order valence-corrected chi connectivity index (χ0v) is 15.8. The van der Waals surface area contributed by atoms with E-state index in [4.69, 9.17) is 0 Å². The van der Waals surface area contributed by atoms with E-state index in [1.54, 1.807) is 0 Å². The highest BCUT2D eigenvalue weighted by Gasteiger charge is 2.25. The van der Waals surface area contributed by atoms with Crippen LogP contribution in [0, 0.1) is 0 Å². The van der Waals surface area contributed by atoms with Crippen LogP contribution in [0.4, 0.5) is 0 Å². The minimum absolute atomic E-state index is 0.284. The number of aliphatic hydroxyl groups is 1. The summed E-state index contributed by atoms with van der Waals surface area (Å²) in [5.41, 5.74) is 2.84. The number of nitrogens with zero attached hydrogens (tertiary/aromatic N) is 2. The summed E-state index contributed by atoms with van der Waals surface area (Å²) in [4.78, 5) is 5.17. The van der Waals surface area contributed by atoms with Gasteiger partial charge >= 0.3 is 0 Å². The molecular weight excluding hydrogens is 320 g/mol. The van der Waals surface area contributed by atoms with Gasteiger partial charge in [-0.1, -0.05) is 60.7 Å². The van der Waals surface area contributed by atoms with Crippen molar-refractivity contribution in [3.8, 4) is 0 Å². The lowest BCUT2D eigenvalue weighted by molar-refractivity contribution is 0.0591. The van der Waals surface area contributed by atoms with E-state index in [-0.39, 0.29) is 6.61 Å². The van der Waals surface area contributed by atoms with Crippen molar-refractivity contribution in [2.75, 3.05) is 39.3 Å². The van der Waals surface area contributed by atoms with E-state index >= 15 is 0 Å². The summed E-state index contributed by atoms with van der Waals surface area (Å²) in [6.45, 7) is 5.87. The Hall–Kier alpha value is -1.68. The van der Waals surface area contributed by atoms with Gasteiger partial charge in [0.2, 0.25) is 0 Å². The number of aliphatic hydroxyl groups excluding tert-OH is 1. The first-order chi connectivity index (χ1) is 12.8. The predicted octanol–water partition coefficient (Wildman–Crippen LogP) is 3.23. The van der Waals surface area contributed by atoms with Crippen LogP contribution in [0.25, 0.3) is 0 Å². The molecule has 0 bridgehead atoms. The molecule has 0 spiro atoms. The van der Waals surface area contributed by atoms with Gasteiger partial charge in [0.1, 0.15) is 0 Å². The molecule has 3 heteroatoms. The molecule has 2 aromatic rings. The van der Waals surface area contributed by atoms with Crippen LogP contribution in [0.3, 0.4) is 0 Å². The summed E-state index contributed by atoms with van der Waals surface area (Å²) in [5, 5.41) is 9.49. The third-order valence-electron chi connectivity index (χ3n) is 5.46. The van der Waals surface area contributed by atoms with Crippen molar-refractivity contribution < 1.29 is 5.11 Å². The molecule has 1 aliphatic heterocycles. The maximum Gasteiger partial charge on any atom is 0.0446 e. The van der Waals surface area contributed by atoms with Crippen LogP contribution < -0.4 is 0 Å². The first-order valence-electron chi connectivity index (χ1n) is 10.0. The molecule has 0 amide bonds. The van der Waals surface area contributed by atoms with Crippen molar-refractivity contribution in [3.05, 3.63) is 71.8 Å². The van der Waals surface area contributed by atoms with E-state index in [0.717, 1.165) is 52.0 Å². The Morgan fingerprint density at radius 2 is 1.46 bits per heavy atom. The van der Waals surface area contributed by atoms with Crippen LogP contribution in [0.2, 0.25) is 0 Å². The third kappa shape index (κ3) is 5.94. The molecule has 0 aliphatic carbocycles. The van der Waals surface area contributed by atoms with Gasteiger partial charge in [0.15, 0.2) is 0 Å². The predicted molar refractivity (Wildman–Crippen MR) is 108 cm³/mol. The molecule has 26 heavy (non-hydrogen) atoms. The Bertz CT molecular complexity index is 617. The summed E-state index contributed by atoms with van der Waals surface area (Å²) < 4.78 is 0. The zero-order chi connectivity index (χ0) is 18.0. The Balaban J connectivity index is 1.44. The summed E-state index contributed by atoms with van der Waals surface area (Å²) in [7, 11) is 0. The van der Waals surface area contributed by atoms with Crippen LogP contribution in [0.1, 0.15) is 24.0 Å². The van der Waals surface area contributed by atoms with Gasteiger partial charge in [0.25, 0.3) is 0 Å². The maximum atomic E-state index is 9.49. The SMILES string of the molecule is OCCC1CN(CCc2ccccc2)CCN1CCCc1ccccc1. The molecule has 0 saturated carbocycles. The molecule has 1 aliphatic rings. The highest BCUT2D eigenvalue weighted by atomic mass is 16.3.